The van der Waals surface area contributed by atoms with Crippen LogP contribution in [0.1, 0.15) is 24.5 Å². The molecule has 0 unspecified atom stereocenters. The van der Waals surface area contributed by atoms with E-state index < -0.39 is 0 Å². The van der Waals surface area contributed by atoms with Crippen LogP contribution in [-0.2, 0) is 6.42 Å². The average Bonchev–Trinajstić information content (AvgIpc) is 2.50. The first kappa shape index (κ1) is 15.1. The van der Waals surface area contributed by atoms with Gasteiger partial charge in [-0.1, -0.05) is 19.4 Å². The SMILES string of the molecule is CCCc1c(NC)ncnc1Oc1ccc(C)cc1OC. The van der Waals surface area contributed by atoms with Crippen LogP contribution >= 0.6 is 0 Å². The number of methoxy groups -OCH3 is 1. The van der Waals surface area contributed by atoms with E-state index in [1.165, 1.54) is 6.33 Å². The highest BCUT2D eigenvalue weighted by Gasteiger charge is 2.14. The van der Waals surface area contributed by atoms with E-state index in [0.717, 1.165) is 29.8 Å². The number of aryl methyl sites for hydroxylation is 1. The van der Waals surface area contributed by atoms with E-state index >= 15 is 0 Å². The van der Waals surface area contributed by atoms with E-state index in [1.807, 2.05) is 32.2 Å². The Kier molecular flexibility index (Phi) is 4.98. The molecule has 112 valence electrons. The molecule has 0 saturated heterocycles. The Balaban J connectivity index is 2.39. The predicted octanol–water partition coefficient (Wildman–Crippen LogP) is 3.58. The zero-order valence-electron chi connectivity index (χ0n) is 12.9. The Labute approximate surface area is 125 Å². The second-order valence-electron chi connectivity index (χ2n) is 4.76. The lowest BCUT2D eigenvalue weighted by molar-refractivity contribution is 0.372. The van der Waals surface area contributed by atoms with Gasteiger partial charge in [0.15, 0.2) is 11.5 Å². The fourth-order valence-corrected chi connectivity index (χ4v) is 2.14. The number of nitrogens with zero attached hydrogens (tertiary/aromatic N) is 2. The van der Waals surface area contributed by atoms with Crippen molar-refractivity contribution in [1.29, 1.82) is 0 Å². The highest BCUT2D eigenvalue weighted by atomic mass is 16.5. The van der Waals surface area contributed by atoms with E-state index in [0.29, 0.717) is 17.4 Å². The molecular formula is C16H21N3O2. The molecule has 0 amide bonds. The molecule has 21 heavy (non-hydrogen) atoms. The maximum absolute atomic E-state index is 5.97. The second kappa shape index (κ2) is 6.92. The summed E-state index contributed by atoms with van der Waals surface area (Å²) in [6.45, 7) is 4.13. The van der Waals surface area contributed by atoms with Gasteiger partial charge in [-0.25, -0.2) is 9.97 Å². The summed E-state index contributed by atoms with van der Waals surface area (Å²) in [6, 6.07) is 5.82. The number of nitrogens with one attached hydrogen (secondary N) is 1. The van der Waals surface area contributed by atoms with Crippen LogP contribution in [0.5, 0.6) is 17.4 Å². The Hall–Kier alpha value is -2.30. The van der Waals surface area contributed by atoms with Crippen LogP contribution in [0, 0.1) is 6.92 Å². The third-order valence-electron chi connectivity index (χ3n) is 3.17. The van der Waals surface area contributed by atoms with Crippen molar-refractivity contribution in [2.24, 2.45) is 0 Å². The number of rotatable bonds is 6. The van der Waals surface area contributed by atoms with E-state index in [2.05, 4.69) is 22.2 Å². The van der Waals surface area contributed by atoms with Crippen LogP contribution in [0.25, 0.3) is 0 Å². The van der Waals surface area contributed by atoms with Crippen LogP contribution in [0.4, 0.5) is 5.82 Å². The zero-order valence-corrected chi connectivity index (χ0v) is 12.9. The summed E-state index contributed by atoms with van der Waals surface area (Å²) in [5.41, 5.74) is 2.09. The van der Waals surface area contributed by atoms with Crippen LogP contribution in [0.15, 0.2) is 24.5 Å². The topological polar surface area (TPSA) is 56.3 Å². The molecule has 2 aromatic rings. The van der Waals surface area contributed by atoms with Crippen LogP contribution in [0.3, 0.4) is 0 Å². The first-order valence-corrected chi connectivity index (χ1v) is 7.03. The molecular weight excluding hydrogens is 266 g/mol. The minimum absolute atomic E-state index is 0.568. The number of anilines is 1. The fraction of sp³-hybridized carbons (Fsp3) is 0.375. The minimum atomic E-state index is 0.568. The van der Waals surface area contributed by atoms with Crippen molar-refractivity contribution >= 4 is 5.82 Å². The first-order chi connectivity index (χ1) is 10.2. The van der Waals surface area contributed by atoms with Gasteiger partial charge >= 0.3 is 0 Å². The monoisotopic (exact) mass is 287 g/mol. The molecule has 0 aliphatic heterocycles. The summed E-state index contributed by atoms with van der Waals surface area (Å²) in [5.74, 6) is 2.72. The largest absolute Gasteiger partial charge is 0.493 e. The van der Waals surface area contributed by atoms with Crippen LogP contribution in [0.2, 0.25) is 0 Å². The molecule has 2 rings (SSSR count). The molecule has 0 spiro atoms. The van der Waals surface area contributed by atoms with E-state index in [9.17, 15) is 0 Å². The summed E-state index contributed by atoms with van der Waals surface area (Å²) >= 11 is 0. The molecule has 5 heteroatoms. The highest BCUT2D eigenvalue weighted by Crippen LogP contribution is 2.34. The molecule has 1 aromatic heterocycles. The number of hydrogen-bond donors (Lipinski definition) is 1. The van der Waals surface area contributed by atoms with Gasteiger partial charge in [-0.3, -0.25) is 0 Å². The first-order valence-electron chi connectivity index (χ1n) is 7.03. The molecule has 1 aromatic carbocycles. The quantitative estimate of drug-likeness (QED) is 0.880. The third kappa shape index (κ3) is 3.42. The second-order valence-corrected chi connectivity index (χ2v) is 4.76. The molecule has 5 nitrogen and oxygen atoms in total. The van der Waals surface area contributed by atoms with Gasteiger partial charge in [0, 0.05) is 7.05 Å². The van der Waals surface area contributed by atoms with Crippen LogP contribution < -0.4 is 14.8 Å². The lowest BCUT2D eigenvalue weighted by Gasteiger charge is -2.14. The van der Waals surface area contributed by atoms with Crippen molar-refractivity contribution in [1.82, 2.24) is 9.97 Å². The molecule has 1 N–H and O–H groups in total. The van der Waals surface area contributed by atoms with Gasteiger partial charge in [0.1, 0.15) is 12.1 Å². The van der Waals surface area contributed by atoms with Crippen LogP contribution in [-0.4, -0.2) is 24.1 Å². The van der Waals surface area contributed by atoms with E-state index in [1.54, 1.807) is 7.11 Å². The predicted molar refractivity (Wildman–Crippen MR) is 83.4 cm³/mol. The maximum Gasteiger partial charge on any atom is 0.227 e. The molecule has 0 aliphatic carbocycles. The van der Waals surface area contributed by atoms with Gasteiger partial charge in [0.25, 0.3) is 0 Å². The van der Waals surface area contributed by atoms with Crippen molar-refractivity contribution < 1.29 is 9.47 Å². The normalized spacial score (nSPS) is 10.3. The summed E-state index contributed by atoms with van der Waals surface area (Å²) in [5, 5.41) is 3.08. The number of hydrogen-bond acceptors (Lipinski definition) is 5. The Morgan fingerprint density at radius 3 is 2.67 bits per heavy atom. The summed E-state index contributed by atoms with van der Waals surface area (Å²) in [4.78, 5) is 8.51. The van der Waals surface area contributed by atoms with Gasteiger partial charge in [0.05, 0.1) is 12.7 Å². The van der Waals surface area contributed by atoms with Gasteiger partial charge in [-0.05, 0) is 31.0 Å². The van der Waals surface area contributed by atoms with E-state index in [4.69, 9.17) is 9.47 Å². The number of ether oxygens (including phenoxy) is 2. The summed E-state index contributed by atoms with van der Waals surface area (Å²) in [6.07, 6.45) is 3.34. The Bertz CT molecular complexity index is 614. The lowest BCUT2D eigenvalue weighted by atomic mass is 10.1. The smallest absolute Gasteiger partial charge is 0.227 e. The molecule has 1 heterocycles. The summed E-state index contributed by atoms with van der Waals surface area (Å²) < 4.78 is 11.3. The van der Waals surface area contributed by atoms with E-state index in [-0.39, 0.29) is 0 Å². The molecule has 0 saturated carbocycles. The van der Waals surface area contributed by atoms with Gasteiger partial charge < -0.3 is 14.8 Å². The van der Waals surface area contributed by atoms with Gasteiger partial charge in [0.2, 0.25) is 5.88 Å². The van der Waals surface area contributed by atoms with Crippen molar-refractivity contribution in [3.63, 3.8) is 0 Å². The van der Waals surface area contributed by atoms with Crippen molar-refractivity contribution in [3.8, 4) is 17.4 Å². The standard InChI is InChI=1S/C16H21N3O2/c1-5-6-12-15(17-3)18-10-19-16(12)21-13-8-7-11(2)9-14(13)20-4/h7-10H,5-6H2,1-4H3,(H,17,18,19). The van der Waals surface area contributed by atoms with Crippen molar-refractivity contribution in [2.45, 2.75) is 26.7 Å². The fourth-order valence-electron chi connectivity index (χ4n) is 2.14. The summed E-state index contributed by atoms with van der Waals surface area (Å²) in [7, 11) is 3.48. The molecule has 0 aliphatic rings. The minimum Gasteiger partial charge on any atom is -0.493 e. The Morgan fingerprint density at radius 1 is 1.19 bits per heavy atom. The lowest BCUT2D eigenvalue weighted by Crippen LogP contribution is -2.03. The molecule has 0 bridgehead atoms. The van der Waals surface area contributed by atoms with Gasteiger partial charge in [-0.15, -0.1) is 0 Å². The van der Waals surface area contributed by atoms with Crippen molar-refractivity contribution in [3.05, 3.63) is 35.7 Å². The maximum atomic E-state index is 5.97. The molecule has 0 atom stereocenters. The van der Waals surface area contributed by atoms with Gasteiger partial charge in [-0.2, -0.15) is 0 Å². The zero-order chi connectivity index (χ0) is 15.2. The Morgan fingerprint density at radius 2 is 2.00 bits per heavy atom. The number of benzene rings is 1. The number of aromatic nitrogens is 2. The van der Waals surface area contributed by atoms with Crippen molar-refractivity contribution in [2.75, 3.05) is 19.5 Å². The average molecular weight is 287 g/mol. The molecule has 0 radical (unpaired) electrons. The third-order valence-corrected chi connectivity index (χ3v) is 3.17. The highest BCUT2D eigenvalue weighted by molar-refractivity contribution is 5.51. The molecule has 0 fully saturated rings.